The molecule has 2 atom stereocenters. The van der Waals surface area contributed by atoms with E-state index in [0.717, 1.165) is 6.29 Å². The predicted octanol–water partition coefficient (Wildman–Crippen LogP) is 1.95. The van der Waals surface area contributed by atoms with Crippen LogP contribution in [0.1, 0.15) is 41.5 Å². The van der Waals surface area contributed by atoms with E-state index in [1.807, 2.05) is 0 Å². The summed E-state index contributed by atoms with van der Waals surface area (Å²) < 4.78 is 10.8. The molecule has 0 bridgehead atoms. The Hall–Kier alpha value is -1.10. The van der Waals surface area contributed by atoms with Gasteiger partial charge in [0.2, 0.25) is 0 Å². The molecule has 1 rings (SSSR count). The molecule has 0 aliphatic carbocycles. The lowest BCUT2D eigenvalue weighted by atomic mass is 10.1. The van der Waals surface area contributed by atoms with E-state index < -0.39 is 23.5 Å². The Morgan fingerprint density at radius 1 is 1.41 bits per heavy atom. The average molecular weight is 243 g/mol. The number of carbonyl (C=O) groups is 2. The highest BCUT2D eigenvalue weighted by Crippen LogP contribution is 2.32. The van der Waals surface area contributed by atoms with Crippen molar-refractivity contribution in [3.8, 4) is 0 Å². The number of carbonyl (C=O) groups excluding carboxylic acids is 2. The first-order valence-corrected chi connectivity index (χ1v) is 5.74. The summed E-state index contributed by atoms with van der Waals surface area (Å²) in [7, 11) is 0. The molecule has 0 unspecified atom stereocenters. The maximum absolute atomic E-state index is 12.1. The molecule has 1 fully saturated rings. The van der Waals surface area contributed by atoms with Crippen molar-refractivity contribution in [3.63, 3.8) is 0 Å². The Labute approximate surface area is 102 Å². The van der Waals surface area contributed by atoms with Crippen molar-refractivity contribution in [1.29, 1.82) is 0 Å². The van der Waals surface area contributed by atoms with Crippen LogP contribution >= 0.6 is 0 Å². The molecule has 0 aromatic carbocycles. The first-order valence-electron chi connectivity index (χ1n) is 5.74. The number of nitrogens with zero attached hydrogens (tertiary/aromatic N) is 1. The first-order chi connectivity index (χ1) is 7.58. The van der Waals surface area contributed by atoms with Gasteiger partial charge in [-0.3, -0.25) is 4.90 Å². The number of amides is 1. The van der Waals surface area contributed by atoms with Crippen LogP contribution in [0.5, 0.6) is 0 Å². The van der Waals surface area contributed by atoms with Gasteiger partial charge in [0.1, 0.15) is 17.4 Å². The molecule has 0 saturated carbocycles. The van der Waals surface area contributed by atoms with Crippen LogP contribution in [0.25, 0.3) is 0 Å². The van der Waals surface area contributed by atoms with Gasteiger partial charge in [-0.2, -0.15) is 0 Å². The fraction of sp³-hybridized carbons (Fsp3) is 0.833. The van der Waals surface area contributed by atoms with Crippen LogP contribution in [0.2, 0.25) is 0 Å². The fourth-order valence-corrected chi connectivity index (χ4v) is 1.96. The van der Waals surface area contributed by atoms with E-state index in [-0.39, 0.29) is 6.04 Å². The third-order valence-electron chi connectivity index (χ3n) is 2.61. The van der Waals surface area contributed by atoms with Gasteiger partial charge in [-0.05, 0) is 41.5 Å². The van der Waals surface area contributed by atoms with Crippen LogP contribution in [0.4, 0.5) is 4.79 Å². The summed E-state index contributed by atoms with van der Waals surface area (Å²) in [6, 6.07) is -0.322. The number of rotatable bonds is 1. The van der Waals surface area contributed by atoms with Crippen molar-refractivity contribution < 1.29 is 19.1 Å². The second-order valence-electron chi connectivity index (χ2n) is 5.76. The molecule has 5 heteroatoms. The van der Waals surface area contributed by atoms with Gasteiger partial charge >= 0.3 is 6.09 Å². The molecule has 0 spiro atoms. The van der Waals surface area contributed by atoms with Gasteiger partial charge < -0.3 is 14.3 Å². The van der Waals surface area contributed by atoms with Crippen LogP contribution < -0.4 is 0 Å². The highest BCUT2D eigenvalue weighted by Gasteiger charge is 2.49. The van der Waals surface area contributed by atoms with Crippen molar-refractivity contribution in [2.45, 2.75) is 65.0 Å². The van der Waals surface area contributed by atoms with E-state index in [4.69, 9.17) is 9.47 Å². The number of aldehydes is 1. The molecule has 98 valence electrons. The van der Waals surface area contributed by atoms with Crippen LogP contribution in [-0.2, 0) is 14.3 Å². The van der Waals surface area contributed by atoms with E-state index in [1.54, 1.807) is 41.5 Å². The summed E-state index contributed by atoms with van der Waals surface area (Å²) in [5.41, 5.74) is -1.39. The third-order valence-corrected chi connectivity index (χ3v) is 2.61. The Morgan fingerprint density at radius 2 is 1.94 bits per heavy atom. The van der Waals surface area contributed by atoms with Crippen LogP contribution in [0.3, 0.4) is 0 Å². The Morgan fingerprint density at radius 3 is 2.29 bits per heavy atom. The van der Waals surface area contributed by atoms with Gasteiger partial charge in [0.15, 0.2) is 6.29 Å². The van der Waals surface area contributed by atoms with Gasteiger partial charge in [0, 0.05) is 0 Å². The Balaban J connectivity index is 2.88. The molecule has 17 heavy (non-hydrogen) atoms. The maximum atomic E-state index is 12.1. The minimum atomic E-state index is -0.826. The van der Waals surface area contributed by atoms with Crippen LogP contribution in [-0.4, -0.2) is 40.8 Å². The standard InChI is InChI=1S/C12H21NO4/c1-8-9(7-14)16-12(5,6)13(8)10(15)17-11(2,3)4/h7-9H,1-6H3/t8-,9+/m0/s1. The van der Waals surface area contributed by atoms with Crippen molar-refractivity contribution in [2.75, 3.05) is 0 Å². The second-order valence-corrected chi connectivity index (χ2v) is 5.76. The monoisotopic (exact) mass is 243 g/mol. The predicted molar refractivity (Wildman–Crippen MR) is 62.6 cm³/mol. The van der Waals surface area contributed by atoms with Crippen molar-refractivity contribution >= 4 is 12.4 Å². The van der Waals surface area contributed by atoms with Gasteiger partial charge in [0.25, 0.3) is 0 Å². The third kappa shape index (κ3) is 2.97. The molecule has 0 radical (unpaired) electrons. The van der Waals surface area contributed by atoms with Crippen molar-refractivity contribution in [1.82, 2.24) is 4.90 Å². The normalized spacial score (nSPS) is 28.0. The van der Waals surface area contributed by atoms with Crippen LogP contribution in [0, 0.1) is 0 Å². The summed E-state index contributed by atoms with van der Waals surface area (Å²) >= 11 is 0. The molecular weight excluding hydrogens is 222 g/mol. The molecule has 1 aliphatic rings. The number of hydrogen-bond donors (Lipinski definition) is 0. The summed E-state index contributed by atoms with van der Waals surface area (Å²) in [6.45, 7) is 10.7. The van der Waals surface area contributed by atoms with E-state index in [0.29, 0.717) is 0 Å². The molecular formula is C12H21NO4. The van der Waals surface area contributed by atoms with E-state index in [9.17, 15) is 9.59 Å². The lowest BCUT2D eigenvalue weighted by molar-refractivity contribution is -0.124. The average Bonchev–Trinajstić information content (AvgIpc) is 2.32. The molecule has 1 saturated heterocycles. The Kier molecular flexibility index (Phi) is 3.52. The fourth-order valence-electron chi connectivity index (χ4n) is 1.96. The molecule has 0 aromatic rings. The lowest BCUT2D eigenvalue weighted by Gasteiger charge is -2.33. The molecule has 0 aromatic heterocycles. The van der Waals surface area contributed by atoms with Gasteiger partial charge in [0.05, 0.1) is 6.04 Å². The molecule has 1 heterocycles. The number of hydrogen-bond acceptors (Lipinski definition) is 4. The summed E-state index contributed by atoms with van der Waals surface area (Å²) in [4.78, 5) is 24.4. The molecule has 1 aliphatic heterocycles. The largest absolute Gasteiger partial charge is 0.444 e. The summed E-state index contributed by atoms with van der Waals surface area (Å²) in [5.74, 6) is 0. The SMILES string of the molecule is C[C@H]1[C@@H](C=O)OC(C)(C)N1C(=O)OC(C)(C)C. The molecule has 0 N–H and O–H groups in total. The quantitative estimate of drug-likeness (QED) is 0.660. The molecule has 5 nitrogen and oxygen atoms in total. The highest BCUT2D eigenvalue weighted by atomic mass is 16.6. The second kappa shape index (κ2) is 4.29. The first kappa shape index (κ1) is 14.0. The topological polar surface area (TPSA) is 55.8 Å². The van der Waals surface area contributed by atoms with Gasteiger partial charge in [-0.15, -0.1) is 0 Å². The Bertz CT molecular complexity index is 319. The number of ether oxygens (including phenoxy) is 2. The van der Waals surface area contributed by atoms with Gasteiger partial charge in [-0.1, -0.05) is 0 Å². The van der Waals surface area contributed by atoms with Crippen molar-refractivity contribution in [3.05, 3.63) is 0 Å². The van der Waals surface area contributed by atoms with Crippen LogP contribution in [0.15, 0.2) is 0 Å². The minimum absolute atomic E-state index is 0.322. The smallest absolute Gasteiger partial charge is 0.412 e. The van der Waals surface area contributed by atoms with E-state index >= 15 is 0 Å². The zero-order valence-electron chi connectivity index (χ0n) is 11.3. The minimum Gasteiger partial charge on any atom is -0.444 e. The lowest BCUT2D eigenvalue weighted by Crippen LogP contribution is -2.49. The maximum Gasteiger partial charge on any atom is 0.412 e. The summed E-state index contributed by atoms with van der Waals surface area (Å²) in [5, 5.41) is 0. The summed E-state index contributed by atoms with van der Waals surface area (Å²) in [6.07, 6.45) is -0.339. The van der Waals surface area contributed by atoms with E-state index in [2.05, 4.69) is 0 Å². The molecule has 1 amide bonds. The van der Waals surface area contributed by atoms with Gasteiger partial charge in [-0.25, -0.2) is 4.79 Å². The van der Waals surface area contributed by atoms with Crippen molar-refractivity contribution in [2.24, 2.45) is 0 Å². The van der Waals surface area contributed by atoms with E-state index in [1.165, 1.54) is 4.90 Å². The zero-order chi connectivity index (χ0) is 13.4. The zero-order valence-corrected chi connectivity index (χ0v) is 11.3. The highest BCUT2D eigenvalue weighted by molar-refractivity contribution is 5.71.